The topological polar surface area (TPSA) is 98.2 Å². The summed E-state index contributed by atoms with van der Waals surface area (Å²) in [6, 6.07) is 17.4. The van der Waals surface area contributed by atoms with Crippen LogP contribution in [0.4, 0.5) is 11.4 Å². The molecule has 0 aliphatic carbocycles. The SMILES string of the molecule is Nc1c(C(=O)Nc2ccccc2)noc1C(=O)c1ccccc1. The first kappa shape index (κ1) is 14.5. The molecule has 6 heteroatoms. The average molecular weight is 307 g/mol. The van der Waals surface area contributed by atoms with Crippen molar-refractivity contribution in [3.8, 4) is 0 Å². The third-order valence-electron chi connectivity index (χ3n) is 3.22. The number of nitrogen functional groups attached to an aromatic ring is 1. The van der Waals surface area contributed by atoms with Gasteiger partial charge in [0, 0.05) is 11.3 Å². The average Bonchev–Trinajstić information content (AvgIpc) is 2.97. The largest absolute Gasteiger partial charge is 0.393 e. The van der Waals surface area contributed by atoms with Gasteiger partial charge in [0.15, 0.2) is 5.69 Å². The van der Waals surface area contributed by atoms with Gasteiger partial charge in [0.25, 0.3) is 5.91 Å². The number of nitrogens with two attached hydrogens (primary N) is 1. The summed E-state index contributed by atoms with van der Waals surface area (Å²) in [4.78, 5) is 24.5. The number of rotatable bonds is 4. The van der Waals surface area contributed by atoms with E-state index in [0.717, 1.165) is 0 Å². The number of nitrogens with zero attached hydrogens (tertiary/aromatic N) is 1. The number of aromatic nitrogens is 1. The molecule has 3 aromatic rings. The quantitative estimate of drug-likeness (QED) is 0.722. The smallest absolute Gasteiger partial charge is 0.280 e. The molecule has 1 aromatic heterocycles. The Bertz CT molecular complexity index is 842. The van der Waals surface area contributed by atoms with Gasteiger partial charge in [-0.3, -0.25) is 9.59 Å². The number of anilines is 2. The lowest BCUT2D eigenvalue weighted by molar-refractivity contribution is 0.0990. The van der Waals surface area contributed by atoms with Crippen molar-refractivity contribution in [2.45, 2.75) is 0 Å². The van der Waals surface area contributed by atoms with Gasteiger partial charge in [-0.15, -0.1) is 0 Å². The Hall–Kier alpha value is -3.41. The highest BCUT2D eigenvalue weighted by Gasteiger charge is 2.25. The molecular formula is C17H13N3O3. The van der Waals surface area contributed by atoms with Gasteiger partial charge in [-0.05, 0) is 12.1 Å². The van der Waals surface area contributed by atoms with E-state index >= 15 is 0 Å². The zero-order chi connectivity index (χ0) is 16.2. The molecule has 3 rings (SSSR count). The number of amides is 1. The number of hydrogen-bond acceptors (Lipinski definition) is 5. The summed E-state index contributed by atoms with van der Waals surface area (Å²) in [5, 5.41) is 6.26. The van der Waals surface area contributed by atoms with Gasteiger partial charge < -0.3 is 15.6 Å². The van der Waals surface area contributed by atoms with Crippen molar-refractivity contribution in [3.05, 3.63) is 77.7 Å². The minimum absolute atomic E-state index is 0.0766. The summed E-state index contributed by atoms with van der Waals surface area (Å²) in [5.74, 6) is -1.10. The summed E-state index contributed by atoms with van der Waals surface area (Å²) in [7, 11) is 0. The van der Waals surface area contributed by atoms with Crippen molar-refractivity contribution in [3.63, 3.8) is 0 Å². The van der Waals surface area contributed by atoms with E-state index in [1.54, 1.807) is 54.6 Å². The van der Waals surface area contributed by atoms with Gasteiger partial charge in [-0.2, -0.15) is 0 Å². The Morgan fingerprint density at radius 1 is 0.957 bits per heavy atom. The van der Waals surface area contributed by atoms with Gasteiger partial charge in [-0.25, -0.2) is 0 Å². The normalized spacial score (nSPS) is 10.3. The van der Waals surface area contributed by atoms with Gasteiger partial charge in [0.2, 0.25) is 11.5 Å². The zero-order valence-electron chi connectivity index (χ0n) is 12.0. The summed E-state index contributed by atoms with van der Waals surface area (Å²) < 4.78 is 4.99. The van der Waals surface area contributed by atoms with E-state index in [2.05, 4.69) is 10.5 Å². The highest BCUT2D eigenvalue weighted by atomic mass is 16.5. The highest BCUT2D eigenvalue weighted by molar-refractivity contribution is 6.14. The molecule has 0 atom stereocenters. The molecule has 0 aliphatic heterocycles. The van der Waals surface area contributed by atoms with Gasteiger partial charge in [0.05, 0.1) is 0 Å². The molecular weight excluding hydrogens is 294 g/mol. The molecule has 6 nitrogen and oxygen atoms in total. The summed E-state index contributed by atoms with van der Waals surface area (Å²) in [6.07, 6.45) is 0. The van der Waals surface area contributed by atoms with Crippen LogP contribution >= 0.6 is 0 Å². The molecule has 0 fully saturated rings. The molecule has 3 N–H and O–H groups in total. The maximum Gasteiger partial charge on any atom is 0.280 e. The van der Waals surface area contributed by atoms with Crippen LogP contribution in [0.25, 0.3) is 0 Å². The minimum atomic E-state index is -0.537. The Balaban J connectivity index is 1.85. The molecule has 0 saturated heterocycles. The van der Waals surface area contributed by atoms with Gasteiger partial charge in [-0.1, -0.05) is 53.7 Å². The fourth-order valence-corrected chi connectivity index (χ4v) is 2.06. The predicted molar refractivity (Wildman–Crippen MR) is 85.2 cm³/mol. The van der Waals surface area contributed by atoms with E-state index in [9.17, 15) is 9.59 Å². The zero-order valence-corrected chi connectivity index (χ0v) is 12.0. The molecule has 0 radical (unpaired) electrons. The first-order valence-corrected chi connectivity index (χ1v) is 6.88. The number of carbonyl (C=O) groups is 2. The second-order valence-electron chi connectivity index (χ2n) is 4.79. The number of nitrogens with one attached hydrogen (secondary N) is 1. The van der Waals surface area contributed by atoms with Crippen LogP contribution in [0.1, 0.15) is 26.6 Å². The molecule has 23 heavy (non-hydrogen) atoms. The number of hydrogen-bond donors (Lipinski definition) is 2. The Labute approximate surface area is 131 Å². The Kier molecular flexibility index (Phi) is 3.88. The van der Waals surface area contributed by atoms with Gasteiger partial charge in [0.1, 0.15) is 5.69 Å². The van der Waals surface area contributed by atoms with Crippen LogP contribution in [0, 0.1) is 0 Å². The second kappa shape index (κ2) is 6.15. The number of ketones is 1. The van der Waals surface area contributed by atoms with E-state index < -0.39 is 11.7 Å². The van der Waals surface area contributed by atoms with Gasteiger partial charge >= 0.3 is 0 Å². The van der Waals surface area contributed by atoms with E-state index in [0.29, 0.717) is 11.3 Å². The lowest BCUT2D eigenvalue weighted by Crippen LogP contribution is -2.14. The van der Waals surface area contributed by atoms with Crippen molar-refractivity contribution in [2.75, 3.05) is 11.1 Å². The Morgan fingerprint density at radius 3 is 2.22 bits per heavy atom. The fraction of sp³-hybridized carbons (Fsp3) is 0. The second-order valence-corrected chi connectivity index (χ2v) is 4.79. The lowest BCUT2D eigenvalue weighted by atomic mass is 10.1. The third-order valence-corrected chi connectivity index (χ3v) is 3.22. The van der Waals surface area contributed by atoms with E-state index in [4.69, 9.17) is 10.3 Å². The first-order valence-electron chi connectivity index (χ1n) is 6.88. The summed E-state index contributed by atoms with van der Waals surface area (Å²) >= 11 is 0. The van der Waals surface area contributed by atoms with Crippen LogP contribution in [0.2, 0.25) is 0 Å². The van der Waals surface area contributed by atoms with Crippen molar-refractivity contribution in [1.82, 2.24) is 5.16 Å². The third kappa shape index (κ3) is 2.96. The molecule has 0 aliphatic rings. The first-order chi connectivity index (χ1) is 11.2. The molecule has 0 unspecified atom stereocenters. The van der Waals surface area contributed by atoms with E-state index in [1.807, 2.05) is 6.07 Å². The van der Waals surface area contributed by atoms with Crippen LogP contribution in [-0.2, 0) is 0 Å². The minimum Gasteiger partial charge on any atom is -0.393 e. The molecule has 1 heterocycles. The highest BCUT2D eigenvalue weighted by Crippen LogP contribution is 2.21. The number of para-hydroxylation sites is 1. The summed E-state index contributed by atoms with van der Waals surface area (Å²) in [5.41, 5.74) is 6.67. The molecule has 0 bridgehead atoms. The van der Waals surface area contributed by atoms with Crippen LogP contribution < -0.4 is 11.1 Å². The maximum absolute atomic E-state index is 12.3. The lowest BCUT2D eigenvalue weighted by Gasteiger charge is -2.02. The van der Waals surface area contributed by atoms with E-state index in [1.165, 1.54) is 0 Å². The predicted octanol–water partition coefficient (Wildman–Crippen LogP) is 2.74. The van der Waals surface area contributed by atoms with Crippen LogP contribution in [0.3, 0.4) is 0 Å². The van der Waals surface area contributed by atoms with Crippen molar-refractivity contribution in [1.29, 1.82) is 0 Å². The molecule has 114 valence electrons. The fourth-order valence-electron chi connectivity index (χ4n) is 2.06. The number of carbonyl (C=O) groups excluding carboxylic acids is 2. The monoisotopic (exact) mass is 307 g/mol. The van der Waals surface area contributed by atoms with Crippen LogP contribution in [0.5, 0.6) is 0 Å². The van der Waals surface area contributed by atoms with Crippen molar-refractivity contribution in [2.24, 2.45) is 0 Å². The standard InChI is InChI=1S/C17H13N3O3/c18-13-14(17(22)19-12-9-5-2-6-10-12)20-23-16(13)15(21)11-7-3-1-4-8-11/h1-10H,18H2,(H,19,22). The van der Waals surface area contributed by atoms with Crippen LogP contribution in [-0.4, -0.2) is 16.8 Å². The van der Waals surface area contributed by atoms with E-state index in [-0.39, 0.29) is 17.1 Å². The summed E-state index contributed by atoms with van der Waals surface area (Å²) in [6.45, 7) is 0. The molecule has 1 amide bonds. The van der Waals surface area contributed by atoms with Crippen LogP contribution in [0.15, 0.2) is 65.2 Å². The van der Waals surface area contributed by atoms with Crippen molar-refractivity contribution >= 4 is 23.1 Å². The molecule has 2 aromatic carbocycles. The Morgan fingerprint density at radius 2 is 1.57 bits per heavy atom. The van der Waals surface area contributed by atoms with Crippen molar-refractivity contribution < 1.29 is 14.1 Å². The molecule has 0 saturated carbocycles. The number of benzene rings is 2. The molecule has 0 spiro atoms. The maximum atomic E-state index is 12.3.